The first-order valence-electron chi connectivity index (χ1n) is 36.1. The van der Waals surface area contributed by atoms with Gasteiger partial charge in [0.2, 0.25) is 0 Å². The monoisotopic (exact) mass is 1300 g/mol. The number of aliphatic hydroxyl groups excluding tert-OH is 1. The number of unbranched alkanes of at least 4 members (excludes halogenated alkanes) is 41. The van der Waals surface area contributed by atoms with E-state index >= 15 is 0 Å². The molecule has 88 heavy (non-hydrogen) atoms. The summed E-state index contributed by atoms with van der Waals surface area (Å²) in [5.41, 5.74) is 0. The van der Waals surface area contributed by atoms with Crippen molar-refractivity contribution in [3.8, 4) is 0 Å². The fourth-order valence-corrected chi connectivity index (χ4v) is 12.0. The van der Waals surface area contributed by atoms with Crippen molar-refractivity contribution in [2.75, 3.05) is 39.6 Å². The summed E-state index contributed by atoms with van der Waals surface area (Å²) >= 11 is 0. The molecule has 0 aliphatic heterocycles. The van der Waals surface area contributed by atoms with Crippen molar-refractivity contribution in [3.05, 3.63) is 0 Å². The molecule has 0 heterocycles. The number of carbonyl (C=O) groups is 4. The molecule has 0 aromatic heterocycles. The van der Waals surface area contributed by atoms with Crippen LogP contribution in [0.3, 0.4) is 0 Å². The van der Waals surface area contributed by atoms with E-state index < -0.39 is 97.5 Å². The largest absolute Gasteiger partial charge is 0.472 e. The third-order valence-corrected chi connectivity index (χ3v) is 17.9. The Morgan fingerprint density at radius 3 is 0.773 bits per heavy atom. The van der Waals surface area contributed by atoms with Gasteiger partial charge in [0, 0.05) is 25.7 Å². The van der Waals surface area contributed by atoms with Gasteiger partial charge in [0.05, 0.1) is 26.4 Å². The second-order valence-corrected chi connectivity index (χ2v) is 28.3. The van der Waals surface area contributed by atoms with E-state index in [0.29, 0.717) is 25.7 Å². The van der Waals surface area contributed by atoms with Gasteiger partial charge in [-0.2, -0.15) is 0 Å². The van der Waals surface area contributed by atoms with Crippen LogP contribution >= 0.6 is 15.6 Å². The zero-order chi connectivity index (χ0) is 64.9. The fourth-order valence-electron chi connectivity index (χ4n) is 10.5. The number of phosphoric acid groups is 2. The van der Waals surface area contributed by atoms with Crippen molar-refractivity contribution in [2.24, 2.45) is 5.92 Å². The van der Waals surface area contributed by atoms with E-state index in [1.807, 2.05) is 0 Å². The Hall–Kier alpha value is -1.94. The Morgan fingerprint density at radius 2 is 0.523 bits per heavy atom. The van der Waals surface area contributed by atoms with E-state index in [4.69, 9.17) is 37.0 Å². The van der Waals surface area contributed by atoms with E-state index in [0.717, 1.165) is 109 Å². The number of hydrogen-bond donors (Lipinski definition) is 3. The Labute approximate surface area is 537 Å². The molecule has 2 unspecified atom stereocenters. The highest BCUT2D eigenvalue weighted by Crippen LogP contribution is 2.45. The first-order valence-corrected chi connectivity index (χ1v) is 39.1. The van der Waals surface area contributed by atoms with Gasteiger partial charge in [-0.05, 0) is 31.6 Å². The predicted molar refractivity (Wildman–Crippen MR) is 354 cm³/mol. The van der Waals surface area contributed by atoms with Crippen molar-refractivity contribution in [3.63, 3.8) is 0 Å². The highest BCUT2D eigenvalue weighted by molar-refractivity contribution is 7.47. The van der Waals surface area contributed by atoms with Gasteiger partial charge in [-0.3, -0.25) is 37.3 Å². The fraction of sp³-hybridized carbons (Fsp3) is 0.942. The van der Waals surface area contributed by atoms with Crippen LogP contribution in [-0.4, -0.2) is 96.7 Å². The van der Waals surface area contributed by atoms with Gasteiger partial charge in [0.1, 0.15) is 19.3 Å². The van der Waals surface area contributed by atoms with Gasteiger partial charge in [-0.1, -0.05) is 304 Å². The molecule has 0 spiro atoms. The quantitative estimate of drug-likeness (QED) is 0.0222. The molecule has 0 rings (SSSR count). The number of hydrogen-bond acceptors (Lipinski definition) is 15. The molecular formula is C69H134O17P2. The second kappa shape index (κ2) is 62.5. The lowest BCUT2D eigenvalue weighted by atomic mass is 10.0. The molecule has 0 fully saturated rings. The molecule has 0 radical (unpaired) electrons. The van der Waals surface area contributed by atoms with Gasteiger partial charge in [-0.15, -0.1) is 0 Å². The van der Waals surface area contributed by atoms with Crippen molar-refractivity contribution < 1.29 is 80.2 Å². The maximum absolute atomic E-state index is 13.0. The molecule has 0 aromatic rings. The maximum Gasteiger partial charge on any atom is 0.472 e. The third-order valence-electron chi connectivity index (χ3n) is 16.0. The molecule has 17 nitrogen and oxygen atoms in total. The SMILES string of the molecule is CCCCCCCCCCCCCCC(=O)OC[C@H](COP(=O)(O)OC[C@@H](O)COP(=O)(O)OC[C@@H](COC(=O)CCCCCCCCC)OC(=O)CCCCCCCCCCCCCC)OC(=O)CCCCCCCCCCCCCCCCC(C)C. The molecule has 0 aromatic carbocycles. The van der Waals surface area contributed by atoms with Crippen LogP contribution in [0.5, 0.6) is 0 Å². The van der Waals surface area contributed by atoms with Crippen molar-refractivity contribution in [2.45, 2.75) is 374 Å². The summed E-state index contributed by atoms with van der Waals surface area (Å²) < 4.78 is 68.1. The highest BCUT2D eigenvalue weighted by atomic mass is 31.2. The van der Waals surface area contributed by atoms with Crippen LogP contribution < -0.4 is 0 Å². The Morgan fingerprint density at radius 1 is 0.307 bits per heavy atom. The average molecular weight is 1300 g/mol. The minimum Gasteiger partial charge on any atom is -0.462 e. The predicted octanol–water partition coefficient (Wildman–Crippen LogP) is 19.7. The van der Waals surface area contributed by atoms with Crippen molar-refractivity contribution >= 4 is 39.5 Å². The van der Waals surface area contributed by atoms with E-state index in [-0.39, 0.29) is 25.7 Å². The summed E-state index contributed by atoms with van der Waals surface area (Å²) in [4.78, 5) is 72.4. The van der Waals surface area contributed by atoms with Crippen molar-refractivity contribution in [1.82, 2.24) is 0 Å². The molecule has 0 saturated carbocycles. The van der Waals surface area contributed by atoms with Crippen LogP contribution in [0.2, 0.25) is 0 Å². The summed E-state index contributed by atoms with van der Waals surface area (Å²) in [6.07, 6.45) is 48.6. The standard InChI is InChI=1S/C69H134O17P2/c1-6-9-12-15-18-20-22-29-33-38-43-48-53-67(72)80-59-65(86-69(74)55-50-45-40-35-31-27-25-24-26-28-32-37-41-46-51-62(4)5)61-84-88(77,78)82-57-63(70)56-81-87(75,76)83-60-64(58-79-66(71)52-47-42-36-17-14-11-8-3)85-68(73)54-49-44-39-34-30-23-21-19-16-13-10-7-2/h62-65,70H,6-61H2,1-5H3,(H,75,76)(H,77,78)/t63-,64+,65+/m0/s1. The van der Waals surface area contributed by atoms with E-state index in [2.05, 4.69) is 34.6 Å². The minimum atomic E-state index is -4.95. The van der Waals surface area contributed by atoms with Crippen LogP contribution in [0.1, 0.15) is 356 Å². The first kappa shape index (κ1) is 86.1. The Kier molecular flexibility index (Phi) is 61.1. The molecular weight excluding hydrogens is 1160 g/mol. The summed E-state index contributed by atoms with van der Waals surface area (Å²) in [7, 11) is -9.89. The van der Waals surface area contributed by atoms with Crippen LogP contribution in [0, 0.1) is 5.92 Å². The van der Waals surface area contributed by atoms with Gasteiger partial charge in [0.25, 0.3) is 0 Å². The molecule has 19 heteroatoms. The van der Waals surface area contributed by atoms with E-state index in [9.17, 15) is 43.2 Å². The topological polar surface area (TPSA) is 237 Å². The minimum absolute atomic E-state index is 0.107. The highest BCUT2D eigenvalue weighted by Gasteiger charge is 2.30. The molecule has 0 saturated heterocycles. The van der Waals surface area contributed by atoms with Gasteiger partial charge < -0.3 is 33.8 Å². The molecule has 0 aliphatic carbocycles. The zero-order valence-corrected chi connectivity index (χ0v) is 58.6. The number of aliphatic hydroxyl groups is 1. The molecule has 522 valence electrons. The summed E-state index contributed by atoms with van der Waals surface area (Å²) in [5.74, 6) is -1.33. The molecule has 0 aliphatic rings. The van der Waals surface area contributed by atoms with Gasteiger partial charge in [0.15, 0.2) is 12.2 Å². The van der Waals surface area contributed by atoms with Gasteiger partial charge in [-0.25, -0.2) is 9.13 Å². The first-order chi connectivity index (χ1) is 42.5. The van der Waals surface area contributed by atoms with Crippen molar-refractivity contribution in [1.29, 1.82) is 0 Å². The van der Waals surface area contributed by atoms with E-state index in [1.165, 1.54) is 167 Å². The summed E-state index contributed by atoms with van der Waals surface area (Å²) in [5, 5.41) is 10.6. The van der Waals surface area contributed by atoms with Crippen LogP contribution in [-0.2, 0) is 65.4 Å². The number of carbonyl (C=O) groups excluding carboxylic acids is 4. The lowest BCUT2D eigenvalue weighted by Crippen LogP contribution is -2.30. The van der Waals surface area contributed by atoms with Crippen LogP contribution in [0.15, 0.2) is 0 Å². The lowest BCUT2D eigenvalue weighted by molar-refractivity contribution is -0.161. The van der Waals surface area contributed by atoms with Crippen LogP contribution in [0.25, 0.3) is 0 Å². The number of phosphoric ester groups is 2. The average Bonchev–Trinajstić information content (AvgIpc) is 3.53. The third kappa shape index (κ3) is 62.8. The Bertz CT molecular complexity index is 1700. The molecule has 3 N–H and O–H groups in total. The molecule has 0 bridgehead atoms. The second-order valence-electron chi connectivity index (χ2n) is 25.4. The lowest BCUT2D eigenvalue weighted by Gasteiger charge is -2.21. The number of esters is 4. The van der Waals surface area contributed by atoms with Crippen LogP contribution in [0.4, 0.5) is 0 Å². The number of rotatable bonds is 69. The normalized spacial score (nSPS) is 14.1. The van der Waals surface area contributed by atoms with Gasteiger partial charge >= 0.3 is 39.5 Å². The molecule has 0 amide bonds. The Balaban J connectivity index is 5.19. The number of ether oxygens (including phenoxy) is 4. The maximum atomic E-state index is 13.0. The zero-order valence-electron chi connectivity index (χ0n) is 56.9. The smallest absolute Gasteiger partial charge is 0.462 e. The summed E-state index contributed by atoms with van der Waals surface area (Å²) in [6, 6.07) is 0. The van der Waals surface area contributed by atoms with E-state index in [1.54, 1.807) is 0 Å². The summed E-state index contributed by atoms with van der Waals surface area (Å²) in [6.45, 7) is 7.22. The molecule has 5 atom stereocenters.